The lowest BCUT2D eigenvalue weighted by molar-refractivity contribution is -0.119. The molecule has 4 rings (SSSR count). The van der Waals surface area contributed by atoms with Gasteiger partial charge in [-0.05, 0) is 63.1 Å². The number of benzene rings is 1. The summed E-state index contributed by atoms with van der Waals surface area (Å²) in [6.45, 7) is 7.87. The predicted octanol–water partition coefficient (Wildman–Crippen LogP) is 3.79. The third-order valence-corrected chi connectivity index (χ3v) is 6.67. The topological polar surface area (TPSA) is 76.9 Å². The average Bonchev–Trinajstić information content (AvgIpc) is 3.02. The molecule has 28 heavy (non-hydrogen) atoms. The van der Waals surface area contributed by atoms with E-state index in [1.54, 1.807) is 18.3 Å². The van der Waals surface area contributed by atoms with Gasteiger partial charge < -0.3 is 5.32 Å². The molecule has 1 aromatic carbocycles. The Morgan fingerprint density at radius 2 is 2.14 bits per heavy atom. The minimum Gasteiger partial charge on any atom is -0.324 e. The number of aryl methyl sites for hydroxylation is 3. The minimum atomic E-state index is -0.747. The fraction of sp³-hybridized carbons (Fsp3) is 0.429. The predicted molar refractivity (Wildman–Crippen MR) is 112 cm³/mol. The Bertz CT molecular complexity index is 1130. The number of hydrogen-bond donors (Lipinski definition) is 1. The Labute approximate surface area is 167 Å². The summed E-state index contributed by atoms with van der Waals surface area (Å²) in [5.74, 6) is 0.346. The number of amides is 1. The second-order valence-electron chi connectivity index (χ2n) is 7.85. The van der Waals surface area contributed by atoms with Gasteiger partial charge in [0.05, 0.1) is 5.39 Å². The summed E-state index contributed by atoms with van der Waals surface area (Å²) in [6, 6.07) is 5.09. The first-order valence-corrected chi connectivity index (χ1v) is 10.4. The molecule has 1 amide bonds. The normalized spacial score (nSPS) is 17.4. The van der Waals surface area contributed by atoms with Crippen molar-refractivity contribution < 1.29 is 4.79 Å². The van der Waals surface area contributed by atoms with E-state index in [4.69, 9.17) is 0 Å². The molecule has 2 heterocycles. The van der Waals surface area contributed by atoms with Gasteiger partial charge in [0.15, 0.2) is 4.83 Å². The van der Waals surface area contributed by atoms with Gasteiger partial charge in [0.1, 0.15) is 6.04 Å². The SMILES string of the molecule is Cc1ccc(NC(=O)[C@@H](C)n2nnc3sc4c(c3c2=O)CC[C@H](C)C4)c(C)c1. The van der Waals surface area contributed by atoms with Crippen molar-refractivity contribution in [1.29, 1.82) is 0 Å². The highest BCUT2D eigenvalue weighted by Gasteiger charge is 2.26. The van der Waals surface area contributed by atoms with Gasteiger partial charge in [-0.1, -0.05) is 29.8 Å². The first-order chi connectivity index (χ1) is 13.3. The number of carbonyl (C=O) groups is 1. The maximum atomic E-state index is 13.1. The molecule has 6 nitrogen and oxygen atoms in total. The van der Waals surface area contributed by atoms with E-state index in [9.17, 15) is 9.59 Å². The molecule has 0 saturated carbocycles. The van der Waals surface area contributed by atoms with Crippen molar-refractivity contribution in [2.45, 2.75) is 53.0 Å². The Morgan fingerprint density at radius 1 is 1.36 bits per heavy atom. The molecule has 0 saturated heterocycles. The molecule has 0 aliphatic heterocycles. The van der Waals surface area contributed by atoms with Crippen molar-refractivity contribution in [1.82, 2.24) is 15.0 Å². The van der Waals surface area contributed by atoms with Crippen molar-refractivity contribution in [3.05, 3.63) is 50.1 Å². The summed E-state index contributed by atoms with van der Waals surface area (Å²) in [7, 11) is 0. The molecule has 146 valence electrons. The number of nitrogens with one attached hydrogen (secondary N) is 1. The first kappa shape index (κ1) is 18.8. The standard InChI is InChI=1S/C21H24N4O2S/c1-11-6-8-16(13(3)9-11)22-19(26)14(4)25-21(27)18-15-7-5-12(2)10-17(15)28-20(18)23-24-25/h6,8-9,12,14H,5,7,10H2,1-4H3,(H,22,26)/t12-,14+/m0/s1. The highest BCUT2D eigenvalue weighted by Crippen LogP contribution is 2.35. The van der Waals surface area contributed by atoms with Crippen LogP contribution < -0.4 is 10.9 Å². The van der Waals surface area contributed by atoms with E-state index in [1.807, 2.05) is 32.0 Å². The minimum absolute atomic E-state index is 0.222. The van der Waals surface area contributed by atoms with E-state index in [1.165, 1.54) is 9.56 Å². The highest BCUT2D eigenvalue weighted by molar-refractivity contribution is 7.18. The number of hydrogen-bond acceptors (Lipinski definition) is 5. The van der Waals surface area contributed by atoms with Gasteiger partial charge in [-0.3, -0.25) is 9.59 Å². The maximum absolute atomic E-state index is 13.1. The smallest absolute Gasteiger partial charge is 0.279 e. The van der Waals surface area contributed by atoms with E-state index in [-0.39, 0.29) is 11.5 Å². The quantitative estimate of drug-likeness (QED) is 0.731. The summed E-state index contributed by atoms with van der Waals surface area (Å²) >= 11 is 1.56. The van der Waals surface area contributed by atoms with Crippen molar-refractivity contribution in [2.24, 2.45) is 5.92 Å². The number of nitrogens with zero attached hydrogens (tertiary/aromatic N) is 3. The lowest BCUT2D eigenvalue weighted by Gasteiger charge is -2.18. The Kier molecular flexibility index (Phi) is 4.79. The van der Waals surface area contributed by atoms with Gasteiger partial charge in [0.2, 0.25) is 5.91 Å². The van der Waals surface area contributed by atoms with Crippen LogP contribution >= 0.6 is 11.3 Å². The lowest BCUT2D eigenvalue weighted by atomic mass is 9.89. The van der Waals surface area contributed by atoms with Crippen LogP contribution in [0.4, 0.5) is 5.69 Å². The van der Waals surface area contributed by atoms with Gasteiger partial charge in [0.25, 0.3) is 5.56 Å². The van der Waals surface area contributed by atoms with Gasteiger partial charge in [-0.15, -0.1) is 16.4 Å². The summed E-state index contributed by atoms with van der Waals surface area (Å²) in [6.07, 6.45) is 2.95. The highest BCUT2D eigenvalue weighted by atomic mass is 32.1. The van der Waals surface area contributed by atoms with Crippen molar-refractivity contribution in [3.63, 3.8) is 0 Å². The van der Waals surface area contributed by atoms with Gasteiger partial charge in [-0.2, -0.15) is 4.68 Å². The largest absolute Gasteiger partial charge is 0.324 e. The second-order valence-corrected chi connectivity index (χ2v) is 8.94. The lowest BCUT2D eigenvalue weighted by Crippen LogP contribution is -2.34. The number of thiophene rings is 1. The van der Waals surface area contributed by atoms with Gasteiger partial charge in [0, 0.05) is 10.6 Å². The van der Waals surface area contributed by atoms with Crippen molar-refractivity contribution in [2.75, 3.05) is 5.32 Å². The van der Waals surface area contributed by atoms with Crippen LogP contribution in [0.5, 0.6) is 0 Å². The molecule has 0 fully saturated rings. The summed E-state index contributed by atoms with van der Waals surface area (Å²) in [5.41, 5.74) is 3.74. The van der Waals surface area contributed by atoms with Gasteiger partial charge in [-0.25, -0.2) is 0 Å². The van der Waals surface area contributed by atoms with Crippen LogP contribution in [0.25, 0.3) is 10.2 Å². The molecule has 0 spiro atoms. The van der Waals surface area contributed by atoms with Crippen LogP contribution in [0, 0.1) is 19.8 Å². The van der Waals surface area contributed by atoms with Crippen LogP contribution in [0.3, 0.4) is 0 Å². The van der Waals surface area contributed by atoms with Crippen molar-refractivity contribution in [3.8, 4) is 0 Å². The van der Waals surface area contributed by atoms with Crippen molar-refractivity contribution >= 4 is 33.1 Å². The number of carbonyl (C=O) groups excluding carboxylic acids is 1. The number of anilines is 1. The molecule has 0 bridgehead atoms. The van der Waals surface area contributed by atoms with Crippen LogP contribution in [-0.2, 0) is 17.6 Å². The Balaban J connectivity index is 1.67. The summed E-state index contributed by atoms with van der Waals surface area (Å²) < 4.78 is 1.21. The zero-order valence-corrected chi connectivity index (χ0v) is 17.4. The van der Waals surface area contributed by atoms with E-state index in [2.05, 4.69) is 22.6 Å². The number of fused-ring (bicyclic) bond motifs is 3. The zero-order valence-electron chi connectivity index (χ0n) is 16.6. The summed E-state index contributed by atoms with van der Waals surface area (Å²) in [5, 5.41) is 11.9. The maximum Gasteiger partial charge on any atom is 0.279 e. The molecular formula is C21H24N4O2S. The second kappa shape index (κ2) is 7.13. The van der Waals surface area contributed by atoms with Crippen LogP contribution in [0.15, 0.2) is 23.0 Å². The molecule has 7 heteroatoms. The zero-order chi connectivity index (χ0) is 20.0. The molecule has 1 N–H and O–H groups in total. The van der Waals surface area contributed by atoms with Crippen LogP contribution in [0.2, 0.25) is 0 Å². The van der Waals surface area contributed by atoms with E-state index in [0.29, 0.717) is 16.1 Å². The average molecular weight is 397 g/mol. The summed E-state index contributed by atoms with van der Waals surface area (Å²) in [4.78, 5) is 27.8. The molecule has 2 aromatic heterocycles. The monoisotopic (exact) mass is 396 g/mol. The number of aromatic nitrogens is 3. The number of rotatable bonds is 3. The van der Waals surface area contributed by atoms with E-state index < -0.39 is 6.04 Å². The fourth-order valence-corrected chi connectivity index (χ4v) is 5.15. The fourth-order valence-electron chi connectivity index (χ4n) is 3.83. The molecule has 3 aromatic rings. The van der Waals surface area contributed by atoms with Crippen LogP contribution in [0.1, 0.15) is 47.9 Å². The molecular weight excluding hydrogens is 372 g/mol. The first-order valence-electron chi connectivity index (χ1n) is 9.63. The Morgan fingerprint density at radius 3 is 2.89 bits per heavy atom. The Hall–Kier alpha value is -2.54. The van der Waals surface area contributed by atoms with Gasteiger partial charge >= 0.3 is 0 Å². The molecule has 0 radical (unpaired) electrons. The third kappa shape index (κ3) is 3.24. The molecule has 1 aliphatic rings. The molecule has 2 atom stereocenters. The third-order valence-electron chi connectivity index (χ3n) is 5.53. The van der Waals surface area contributed by atoms with E-state index in [0.717, 1.165) is 41.6 Å². The van der Waals surface area contributed by atoms with Crippen LogP contribution in [-0.4, -0.2) is 20.9 Å². The van der Waals surface area contributed by atoms with E-state index >= 15 is 0 Å². The molecule has 1 aliphatic carbocycles. The molecule has 0 unspecified atom stereocenters.